The molecule has 0 amide bonds. The molecule has 2 saturated heterocycles. The van der Waals surface area contributed by atoms with E-state index in [2.05, 4.69) is 38.4 Å². The molecule has 2 aliphatic rings. The summed E-state index contributed by atoms with van der Waals surface area (Å²) in [6, 6.07) is 13.4. The van der Waals surface area contributed by atoms with Gasteiger partial charge in [-0.05, 0) is 68.5 Å². The minimum absolute atomic E-state index is 0.0656. The van der Waals surface area contributed by atoms with Gasteiger partial charge in [0, 0.05) is 31.8 Å². The Morgan fingerprint density at radius 1 is 0.977 bits per heavy atom. The number of hydrogen-bond donors (Lipinski definition) is 0. The highest BCUT2D eigenvalue weighted by Crippen LogP contribution is 2.37. The Morgan fingerprint density at radius 3 is 2.30 bits per heavy atom. The first-order valence-corrected chi connectivity index (χ1v) is 15.1. The van der Waals surface area contributed by atoms with Gasteiger partial charge in [0.05, 0.1) is 18.7 Å². The first-order valence-electron chi connectivity index (χ1n) is 15.1. The lowest BCUT2D eigenvalue weighted by atomic mass is 9.92. The molecule has 1 unspecified atom stereocenters. The summed E-state index contributed by atoms with van der Waals surface area (Å²) < 4.78 is 38.0. The lowest BCUT2D eigenvalue weighted by Gasteiger charge is -2.49. The predicted molar refractivity (Wildman–Crippen MR) is 160 cm³/mol. The maximum absolute atomic E-state index is 13.9. The van der Waals surface area contributed by atoms with Crippen LogP contribution in [-0.4, -0.2) is 71.9 Å². The van der Waals surface area contributed by atoms with Crippen LogP contribution in [0.3, 0.4) is 0 Å². The van der Waals surface area contributed by atoms with Crippen LogP contribution in [0.5, 0.6) is 0 Å². The average Bonchev–Trinajstić information content (AvgIpc) is 3.76. The number of aryl methyl sites for hydroxylation is 1. The van der Waals surface area contributed by atoms with Crippen molar-refractivity contribution in [1.82, 2.24) is 34.0 Å². The summed E-state index contributed by atoms with van der Waals surface area (Å²) in [5, 5.41) is 8.52. The van der Waals surface area contributed by atoms with E-state index in [9.17, 15) is 8.78 Å². The van der Waals surface area contributed by atoms with Crippen molar-refractivity contribution >= 4 is 22.8 Å². The zero-order valence-corrected chi connectivity index (χ0v) is 24.7. The van der Waals surface area contributed by atoms with Gasteiger partial charge < -0.3 is 14.2 Å². The Labute approximate surface area is 249 Å². The smallest absolute Gasteiger partial charge is 0.258 e. The molecule has 3 aromatic heterocycles. The van der Waals surface area contributed by atoms with E-state index in [0.717, 1.165) is 66.3 Å². The third-order valence-corrected chi connectivity index (χ3v) is 9.05. The number of hydrogen-bond acceptors (Lipinski definition) is 7. The summed E-state index contributed by atoms with van der Waals surface area (Å²) in [5.74, 6) is 1.69. The van der Waals surface area contributed by atoms with Gasteiger partial charge in [-0.3, -0.25) is 4.90 Å². The molecular weight excluding hydrogens is 550 g/mol. The zero-order valence-electron chi connectivity index (χ0n) is 24.7. The van der Waals surface area contributed by atoms with Crippen molar-refractivity contribution in [1.29, 1.82) is 0 Å². The molecule has 3 atom stereocenters. The van der Waals surface area contributed by atoms with Gasteiger partial charge in [-0.2, -0.15) is 4.98 Å². The van der Waals surface area contributed by atoms with Crippen molar-refractivity contribution < 1.29 is 13.5 Å². The third kappa shape index (κ3) is 5.04. The van der Waals surface area contributed by atoms with Gasteiger partial charge in [0.25, 0.3) is 5.78 Å². The Morgan fingerprint density at radius 2 is 1.67 bits per heavy atom. The number of aromatic nitrogens is 6. The van der Waals surface area contributed by atoms with E-state index < -0.39 is 0 Å². The van der Waals surface area contributed by atoms with Gasteiger partial charge in [-0.15, -0.1) is 10.2 Å². The van der Waals surface area contributed by atoms with Crippen molar-refractivity contribution in [3.63, 3.8) is 0 Å². The largest absolute Gasteiger partial charge is 0.376 e. The topological polar surface area (TPSA) is 76.6 Å². The molecule has 5 aromatic rings. The normalized spacial score (nSPS) is 21.5. The molecule has 7 rings (SSSR count). The quantitative estimate of drug-likeness (QED) is 0.256. The van der Waals surface area contributed by atoms with Crippen LogP contribution in [0.15, 0.2) is 54.9 Å². The summed E-state index contributed by atoms with van der Waals surface area (Å²) in [6.45, 7) is 9.35. The molecule has 0 aliphatic carbocycles. The van der Waals surface area contributed by atoms with E-state index in [4.69, 9.17) is 14.7 Å². The lowest BCUT2D eigenvalue weighted by Crippen LogP contribution is -2.58. The number of benzene rings is 2. The summed E-state index contributed by atoms with van der Waals surface area (Å²) in [7, 11) is 0. The van der Waals surface area contributed by atoms with Crippen molar-refractivity contribution in [2.24, 2.45) is 0 Å². The number of anilines is 1. The molecule has 0 N–H and O–H groups in total. The molecule has 2 aromatic carbocycles. The SMILES string of the molecule is CC[C@@H]1CN(c2nc3nncn3c3c2nc(C)n3CC2CCCO2)[C@@H](C)CN1C(c1ccc(F)cc1)c1ccc(F)cc1. The second-order valence-corrected chi connectivity index (χ2v) is 11.8. The van der Waals surface area contributed by atoms with Gasteiger partial charge in [-0.1, -0.05) is 31.2 Å². The van der Waals surface area contributed by atoms with Crippen LogP contribution in [0.2, 0.25) is 0 Å². The fraction of sp³-hybridized carbons (Fsp3) is 0.438. The van der Waals surface area contributed by atoms with Crippen molar-refractivity contribution in [2.45, 2.75) is 70.8 Å². The second kappa shape index (κ2) is 11.3. The van der Waals surface area contributed by atoms with E-state index >= 15 is 0 Å². The molecule has 0 radical (unpaired) electrons. The van der Waals surface area contributed by atoms with Crippen LogP contribution >= 0.6 is 0 Å². The Bertz CT molecular complexity index is 1680. The lowest BCUT2D eigenvalue weighted by molar-refractivity contribution is 0.0972. The van der Waals surface area contributed by atoms with Gasteiger partial charge in [-0.25, -0.2) is 18.2 Å². The van der Waals surface area contributed by atoms with Crippen LogP contribution in [0.4, 0.5) is 14.6 Å². The second-order valence-electron chi connectivity index (χ2n) is 11.8. The minimum atomic E-state index is -0.278. The monoisotopic (exact) mass is 586 g/mol. The number of imidazole rings is 1. The van der Waals surface area contributed by atoms with E-state index in [1.165, 1.54) is 24.3 Å². The van der Waals surface area contributed by atoms with E-state index in [0.29, 0.717) is 18.9 Å². The average molecular weight is 587 g/mol. The number of nitrogens with zero attached hydrogens (tertiary/aromatic N) is 8. The fourth-order valence-electron chi connectivity index (χ4n) is 6.87. The number of fused-ring (bicyclic) bond motifs is 3. The first-order chi connectivity index (χ1) is 20.9. The Hall–Kier alpha value is -3.96. The van der Waals surface area contributed by atoms with E-state index in [1.54, 1.807) is 6.33 Å². The number of halogens is 2. The molecule has 0 saturated carbocycles. The number of rotatable bonds is 7. The Balaban J connectivity index is 1.28. The molecule has 2 fully saturated rings. The fourth-order valence-corrected chi connectivity index (χ4v) is 6.87. The van der Waals surface area contributed by atoms with Gasteiger partial charge in [0.1, 0.15) is 29.3 Å². The molecule has 43 heavy (non-hydrogen) atoms. The maximum Gasteiger partial charge on any atom is 0.258 e. The van der Waals surface area contributed by atoms with E-state index in [-0.39, 0.29) is 35.9 Å². The highest BCUT2D eigenvalue weighted by Gasteiger charge is 2.38. The van der Waals surface area contributed by atoms with Gasteiger partial charge in [0.2, 0.25) is 0 Å². The molecule has 9 nitrogen and oxygen atoms in total. The van der Waals surface area contributed by atoms with Crippen molar-refractivity contribution in [3.8, 4) is 0 Å². The number of ether oxygens (including phenoxy) is 1. The highest BCUT2D eigenvalue weighted by molar-refractivity contribution is 5.87. The summed E-state index contributed by atoms with van der Waals surface area (Å²) in [4.78, 5) is 14.9. The van der Waals surface area contributed by atoms with Gasteiger partial charge >= 0.3 is 0 Å². The first kappa shape index (κ1) is 27.8. The van der Waals surface area contributed by atoms with Crippen molar-refractivity contribution in [3.05, 3.63) is 83.4 Å². The molecule has 0 bridgehead atoms. The van der Waals surface area contributed by atoms with Crippen LogP contribution in [-0.2, 0) is 11.3 Å². The van der Waals surface area contributed by atoms with Crippen LogP contribution in [0.1, 0.15) is 56.1 Å². The van der Waals surface area contributed by atoms with E-state index in [1.807, 2.05) is 35.6 Å². The molecule has 0 spiro atoms. The maximum atomic E-state index is 13.9. The van der Waals surface area contributed by atoms with Crippen LogP contribution in [0.25, 0.3) is 16.9 Å². The van der Waals surface area contributed by atoms with Crippen molar-refractivity contribution in [2.75, 3.05) is 24.6 Å². The number of piperazine rings is 1. The highest BCUT2D eigenvalue weighted by atomic mass is 19.1. The summed E-state index contributed by atoms with van der Waals surface area (Å²) in [5.41, 5.74) is 3.70. The minimum Gasteiger partial charge on any atom is -0.376 e. The third-order valence-electron chi connectivity index (χ3n) is 9.05. The van der Waals surface area contributed by atoms with Crippen LogP contribution < -0.4 is 4.90 Å². The predicted octanol–water partition coefficient (Wildman–Crippen LogP) is 5.32. The summed E-state index contributed by atoms with van der Waals surface area (Å²) >= 11 is 0. The zero-order chi connectivity index (χ0) is 29.7. The summed E-state index contributed by atoms with van der Waals surface area (Å²) in [6.07, 6.45) is 4.84. The molecule has 11 heteroatoms. The molecule has 5 heterocycles. The van der Waals surface area contributed by atoms with Gasteiger partial charge in [0.15, 0.2) is 11.5 Å². The molecule has 224 valence electrons. The standard InChI is InChI=1S/C32H36F2N8O/c1-4-26-17-39(20(2)16-41(26)29(22-7-11-24(33)12-8-22)23-9-13-25(34)14-10-23)30-28-31(42-19-35-38-32(42)37-30)40(21(3)36-28)18-27-6-5-15-43-27/h7-14,19-20,26-27,29H,4-6,15-18H2,1-3H3/t20-,26+,27?/m0/s1. The Kier molecular flexibility index (Phi) is 7.30. The molecular formula is C32H36F2N8O. The molecule has 2 aliphatic heterocycles. The van der Waals surface area contributed by atoms with Crippen LogP contribution in [0, 0.1) is 18.6 Å².